The Morgan fingerprint density at radius 2 is 1.94 bits per heavy atom. The Morgan fingerprint density at radius 3 is 2.50 bits per heavy atom. The summed E-state index contributed by atoms with van der Waals surface area (Å²) in [6.45, 7) is 1.72. The first-order valence-corrected chi connectivity index (χ1v) is 6.20. The maximum atomic E-state index is 12.3. The van der Waals surface area contributed by atoms with E-state index in [9.17, 15) is 4.79 Å². The third kappa shape index (κ3) is 1.57. The predicted octanol–water partition coefficient (Wildman–Crippen LogP) is 2.36. The van der Waals surface area contributed by atoms with Crippen molar-refractivity contribution < 1.29 is 4.79 Å². The summed E-state index contributed by atoms with van der Waals surface area (Å²) >= 11 is 0. The Kier molecular flexibility index (Phi) is 2.52. The lowest BCUT2D eigenvalue weighted by Crippen LogP contribution is -2.46. The number of benzene rings is 1. The Balaban J connectivity index is 1.89. The fourth-order valence-electron chi connectivity index (χ4n) is 2.49. The zero-order valence-corrected chi connectivity index (χ0v) is 9.41. The molecule has 0 radical (unpaired) electrons. The molecule has 1 aliphatic carbocycles. The molecule has 0 aromatic heterocycles. The molecule has 0 unspecified atom stereocenters. The molecule has 1 aromatic rings. The molecule has 0 atom stereocenters. The van der Waals surface area contributed by atoms with Crippen LogP contribution in [0.1, 0.15) is 41.1 Å². The number of nitrogens with one attached hydrogen (secondary N) is 1. The number of Topliss-reactive ketones (excluding diaryl/α,β-unsaturated/α-hetero) is 1. The van der Waals surface area contributed by atoms with Crippen molar-refractivity contribution in [3.63, 3.8) is 0 Å². The molecular weight excluding hydrogens is 198 g/mol. The molecule has 1 aromatic carbocycles. The van der Waals surface area contributed by atoms with Gasteiger partial charge in [-0.3, -0.25) is 4.79 Å². The van der Waals surface area contributed by atoms with Gasteiger partial charge in [0, 0.05) is 24.6 Å². The first-order valence-electron chi connectivity index (χ1n) is 6.20. The lowest BCUT2D eigenvalue weighted by molar-refractivity contribution is 0.0876. The molecule has 16 heavy (non-hydrogen) atoms. The van der Waals surface area contributed by atoms with Gasteiger partial charge in [-0.1, -0.05) is 30.7 Å². The topological polar surface area (TPSA) is 29.1 Å². The highest BCUT2D eigenvalue weighted by Gasteiger charge is 2.30. The van der Waals surface area contributed by atoms with Crippen LogP contribution in [0.5, 0.6) is 0 Å². The minimum absolute atomic E-state index is 0.223. The van der Waals surface area contributed by atoms with Gasteiger partial charge in [0.1, 0.15) is 0 Å². The predicted molar refractivity (Wildman–Crippen MR) is 63.7 cm³/mol. The van der Waals surface area contributed by atoms with E-state index in [0.717, 1.165) is 18.7 Å². The fraction of sp³-hybridized carbons (Fsp3) is 0.500. The van der Waals surface area contributed by atoms with E-state index in [1.54, 1.807) is 0 Å². The van der Waals surface area contributed by atoms with E-state index >= 15 is 0 Å². The molecule has 2 fully saturated rings. The van der Waals surface area contributed by atoms with Crippen LogP contribution < -0.4 is 5.32 Å². The molecule has 1 N–H and O–H groups in total. The van der Waals surface area contributed by atoms with E-state index in [0.29, 0.717) is 11.7 Å². The van der Waals surface area contributed by atoms with Crippen LogP contribution in [0.4, 0.5) is 0 Å². The van der Waals surface area contributed by atoms with Crippen LogP contribution in [0.25, 0.3) is 0 Å². The van der Waals surface area contributed by atoms with Crippen molar-refractivity contribution in [2.75, 3.05) is 13.1 Å². The van der Waals surface area contributed by atoms with Gasteiger partial charge >= 0.3 is 0 Å². The van der Waals surface area contributed by atoms with Gasteiger partial charge in [-0.25, -0.2) is 0 Å². The van der Waals surface area contributed by atoms with Crippen molar-refractivity contribution in [1.29, 1.82) is 0 Å². The summed E-state index contributed by atoms with van der Waals surface area (Å²) in [5.74, 6) is 1.22. The van der Waals surface area contributed by atoms with Crippen LogP contribution in [0, 0.1) is 5.92 Å². The Morgan fingerprint density at radius 1 is 1.19 bits per heavy atom. The molecular formula is C14H17NO. The molecule has 2 nitrogen and oxygen atoms in total. The maximum Gasteiger partial charge on any atom is 0.168 e. The average Bonchev–Trinajstić information content (AvgIpc) is 2.13. The van der Waals surface area contributed by atoms with E-state index < -0.39 is 0 Å². The third-order valence-electron chi connectivity index (χ3n) is 3.92. The van der Waals surface area contributed by atoms with Gasteiger partial charge in [0.05, 0.1) is 0 Å². The van der Waals surface area contributed by atoms with Crippen LogP contribution >= 0.6 is 0 Å². The van der Waals surface area contributed by atoms with Crippen molar-refractivity contribution in [1.82, 2.24) is 5.32 Å². The summed E-state index contributed by atoms with van der Waals surface area (Å²) in [6.07, 6.45) is 3.83. The number of hydrogen-bond acceptors (Lipinski definition) is 2. The molecule has 3 rings (SSSR count). The zero-order valence-electron chi connectivity index (χ0n) is 9.41. The first kappa shape index (κ1) is 10.0. The molecule has 1 saturated carbocycles. The second-order valence-corrected chi connectivity index (χ2v) is 4.93. The molecule has 0 amide bonds. The molecule has 2 aliphatic rings. The molecule has 1 heterocycles. The average molecular weight is 215 g/mol. The van der Waals surface area contributed by atoms with Gasteiger partial charge in [0.2, 0.25) is 0 Å². The summed E-state index contributed by atoms with van der Waals surface area (Å²) in [7, 11) is 0. The van der Waals surface area contributed by atoms with Gasteiger partial charge in [0.25, 0.3) is 0 Å². The Bertz CT molecular complexity index is 405. The molecule has 0 spiro atoms. The second-order valence-electron chi connectivity index (χ2n) is 4.93. The molecule has 1 saturated heterocycles. The van der Waals surface area contributed by atoms with E-state index in [1.165, 1.54) is 24.8 Å². The van der Waals surface area contributed by atoms with Crippen molar-refractivity contribution in [3.8, 4) is 0 Å². The molecule has 84 valence electrons. The quantitative estimate of drug-likeness (QED) is 0.784. The standard InChI is InChI=1S/C14H17NO/c16-14(11-8-15-9-11)13-7-2-1-6-12(13)10-4-3-5-10/h1-2,6-7,10-11,15H,3-5,8-9H2. The summed E-state index contributed by atoms with van der Waals surface area (Å²) in [5, 5.41) is 3.17. The fourth-order valence-corrected chi connectivity index (χ4v) is 2.49. The van der Waals surface area contributed by atoms with Crippen LogP contribution in [-0.4, -0.2) is 18.9 Å². The number of hydrogen-bond donors (Lipinski definition) is 1. The molecule has 1 aliphatic heterocycles. The summed E-state index contributed by atoms with van der Waals surface area (Å²) in [5.41, 5.74) is 2.28. The number of carbonyl (C=O) groups excluding carboxylic acids is 1. The van der Waals surface area contributed by atoms with Gasteiger partial charge in [-0.15, -0.1) is 0 Å². The Hall–Kier alpha value is -1.15. The maximum absolute atomic E-state index is 12.3. The summed E-state index contributed by atoms with van der Waals surface area (Å²) < 4.78 is 0. The lowest BCUT2D eigenvalue weighted by atomic mass is 9.76. The van der Waals surface area contributed by atoms with E-state index in [-0.39, 0.29) is 5.92 Å². The first-order chi connectivity index (χ1) is 7.86. The van der Waals surface area contributed by atoms with Crippen LogP contribution in [0.15, 0.2) is 24.3 Å². The largest absolute Gasteiger partial charge is 0.315 e. The number of carbonyl (C=O) groups is 1. The highest BCUT2D eigenvalue weighted by molar-refractivity contribution is 6.00. The van der Waals surface area contributed by atoms with Gasteiger partial charge in [-0.05, 0) is 24.3 Å². The SMILES string of the molecule is O=C(c1ccccc1C1CCC1)C1CNC1. The Labute approximate surface area is 96.1 Å². The normalized spacial score (nSPS) is 21.2. The van der Waals surface area contributed by atoms with E-state index in [4.69, 9.17) is 0 Å². The summed E-state index contributed by atoms with van der Waals surface area (Å²) in [6, 6.07) is 8.20. The lowest BCUT2D eigenvalue weighted by Gasteiger charge is -2.30. The van der Waals surface area contributed by atoms with Crippen LogP contribution in [-0.2, 0) is 0 Å². The monoisotopic (exact) mass is 215 g/mol. The van der Waals surface area contributed by atoms with E-state index in [2.05, 4.69) is 17.4 Å². The third-order valence-corrected chi connectivity index (χ3v) is 3.92. The molecule has 0 bridgehead atoms. The van der Waals surface area contributed by atoms with Gasteiger partial charge < -0.3 is 5.32 Å². The second kappa shape index (κ2) is 4.02. The number of rotatable bonds is 3. The highest BCUT2D eigenvalue weighted by Crippen LogP contribution is 2.38. The van der Waals surface area contributed by atoms with E-state index in [1.807, 2.05) is 12.1 Å². The minimum atomic E-state index is 0.223. The van der Waals surface area contributed by atoms with Crippen LogP contribution in [0.3, 0.4) is 0 Å². The van der Waals surface area contributed by atoms with Crippen molar-refractivity contribution >= 4 is 5.78 Å². The summed E-state index contributed by atoms with van der Waals surface area (Å²) in [4.78, 5) is 12.3. The minimum Gasteiger partial charge on any atom is -0.315 e. The van der Waals surface area contributed by atoms with Crippen molar-refractivity contribution in [2.24, 2.45) is 5.92 Å². The van der Waals surface area contributed by atoms with Gasteiger partial charge in [0.15, 0.2) is 5.78 Å². The highest BCUT2D eigenvalue weighted by atomic mass is 16.1. The zero-order chi connectivity index (χ0) is 11.0. The van der Waals surface area contributed by atoms with Crippen LogP contribution in [0.2, 0.25) is 0 Å². The smallest absolute Gasteiger partial charge is 0.168 e. The number of ketones is 1. The molecule has 2 heteroatoms. The van der Waals surface area contributed by atoms with Crippen molar-refractivity contribution in [2.45, 2.75) is 25.2 Å². The van der Waals surface area contributed by atoms with Gasteiger partial charge in [-0.2, -0.15) is 0 Å². The van der Waals surface area contributed by atoms with Crippen molar-refractivity contribution in [3.05, 3.63) is 35.4 Å².